The maximum absolute atomic E-state index is 12.9. The summed E-state index contributed by atoms with van der Waals surface area (Å²) < 4.78 is 27.3. The molecule has 2 N–H and O–H groups in total. The van der Waals surface area contributed by atoms with E-state index in [9.17, 15) is 18.0 Å². The number of nitrogens with one attached hydrogen (secondary N) is 2. The minimum atomic E-state index is -3.52. The molecule has 0 spiro atoms. The van der Waals surface area contributed by atoms with Gasteiger partial charge in [0.05, 0.1) is 10.8 Å². The Kier molecular flexibility index (Phi) is 5.87. The van der Waals surface area contributed by atoms with Gasteiger partial charge in [-0.2, -0.15) is 4.31 Å². The summed E-state index contributed by atoms with van der Waals surface area (Å²) in [6.07, 6.45) is 2.91. The second-order valence-electron chi connectivity index (χ2n) is 7.72. The van der Waals surface area contributed by atoms with Crippen molar-refractivity contribution in [1.82, 2.24) is 9.62 Å². The zero-order valence-electron chi connectivity index (χ0n) is 16.6. The fraction of sp³-hybridized carbons (Fsp3) is 0.364. The summed E-state index contributed by atoms with van der Waals surface area (Å²) >= 11 is 0. The summed E-state index contributed by atoms with van der Waals surface area (Å²) in [5.74, 6) is -1.000. The molecule has 158 valence electrons. The van der Waals surface area contributed by atoms with Gasteiger partial charge in [0.1, 0.15) is 0 Å². The van der Waals surface area contributed by atoms with Gasteiger partial charge in [0.15, 0.2) is 0 Å². The van der Waals surface area contributed by atoms with Gasteiger partial charge < -0.3 is 10.6 Å². The number of amides is 2. The molecule has 1 atom stereocenters. The third-order valence-electron chi connectivity index (χ3n) is 5.63. The van der Waals surface area contributed by atoms with E-state index in [-0.39, 0.29) is 29.7 Å². The molecule has 0 bridgehead atoms. The van der Waals surface area contributed by atoms with Crippen LogP contribution in [0.2, 0.25) is 0 Å². The third-order valence-corrected chi connectivity index (χ3v) is 7.53. The average Bonchev–Trinajstić information content (AvgIpc) is 2.77. The largest absolute Gasteiger partial charge is 0.351 e. The van der Waals surface area contributed by atoms with Crippen LogP contribution in [0.15, 0.2) is 53.4 Å². The highest BCUT2D eigenvalue weighted by atomic mass is 32.2. The molecule has 2 amide bonds. The molecule has 0 aliphatic carbocycles. The van der Waals surface area contributed by atoms with Crippen molar-refractivity contribution in [3.05, 3.63) is 59.7 Å². The van der Waals surface area contributed by atoms with Crippen LogP contribution >= 0.6 is 0 Å². The molecule has 2 aliphatic heterocycles. The van der Waals surface area contributed by atoms with E-state index in [2.05, 4.69) is 10.6 Å². The number of para-hydroxylation sites is 1. The molecule has 30 heavy (non-hydrogen) atoms. The minimum Gasteiger partial charge on any atom is -0.351 e. The van der Waals surface area contributed by atoms with Crippen molar-refractivity contribution in [2.45, 2.75) is 43.0 Å². The zero-order valence-corrected chi connectivity index (χ0v) is 17.5. The van der Waals surface area contributed by atoms with Gasteiger partial charge in [0.2, 0.25) is 21.8 Å². The van der Waals surface area contributed by atoms with Crippen LogP contribution in [0.1, 0.15) is 42.7 Å². The molecular formula is C22H25N3O4S. The molecular weight excluding hydrogens is 402 g/mol. The van der Waals surface area contributed by atoms with Gasteiger partial charge in [-0.3, -0.25) is 9.59 Å². The van der Waals surface area contributed by atoms with E-state index in [1.165, 1.54) is 4.31 Å². The number of sulfonamides is 1. The first-order valence-corrected chi connectivity index (χ1v) is 11.6. The van der Waals surface area contributed by atoms with Gasteiger partial charge in [-0.15, -0.1) is 0 Å². The normalized spacial score (nSPS) is 19.6. The van der Waals surface area contributed by atoms with Gasteiger partial charge in [0.25, 0.3) is 0 Å². The monoisotopic (exact) mass is 427 g/mol. The molecule has 1 fully saturated rings. The summed E-state index contributed by atoms with van der Waals surface area (Å²) in [4.78, 5) is 25.0. The molecule has 0 saturated carbocycles. The van der Waals surface area contributed by atoms with Crippen molar-refractivity contribution < 1.29 is 18.0 Å². The number of hydrogen-bond acceptors (Lipinski definition) is 4. The summed E-state index contributed by atoms with van der Waals surface area (Å²) in [6.45, 7) is 1.29. The van der Waals surface area contributed by atoms with Crippen molar-refractivity contribution in [3.8, 4) is 0 Å². The van der Waals surface area contributed by atoms with Crippen molar-refractivity contribution in [3.63, 3.8) is 0 Å². The Morgan fingerprint density at radius 3 is 2.63 bits per heavy atom. The Bertz CT molecular complexity index is 1060. The highest BCUT2D eigenvalue weighted by molar-refractivity contribution is 7.89. The topological polar surface area (TPSA) is 95.6 Å². The lowest BCUT2D eigenvalue weighted by molar-refractivity contribution is -0.126. The molecule has 7 nitrogen and oxygen atoms in total. The maximum Gasteiger partial charge on any atom is 0.243 e. The first kappa shape index (κ1) is 20.6. The Labute approximate surface area is 176 Å². The number of anilines is 1. The van der Waals surface area contributed by atoms with Gasteiger partial charge in [0, 0.05) is 31.7 Å². The summed E-state index contributed by atoms with van der Waals surface area (Å²) in [5.41, 5.74) is 2.15. The van der Waals surface area contributed by atoms with E-state index < -0.39 is 15.9 Å². The molecule has 2 aromatic carbocycles. The predicted molar refractivity (Wildman–Crippen MR) is 113 cm³/mol. The zero-order chi connectivity index (χ0) is 21.1. The van der Waals surface area contributed by atoms with E-state index in [1.807, 2.05) is 18.2 Å². The molecule has 2 aromatic rings. The smallest absolute Gasteiger partial charge is 0.243 e. The SMILES string of the molecule is O=C1CC(C(=O)NCc2cccc(S(=O)(=O)N3CCCCC3)c2)c2ccccc2N1. The molecule has 1 unspecified atom stereocenters. The van der Waals surface area contributed by atoms with Crippen molar-refractivity contribution in [2.75, 3.05) is 18.4 Å². The molecule has 1 saturated heterocycles. The number of rotatable bonds is 5. The minimum absolute atomic E-state index is 0.0895. The quantitative estimate of drug-likeness (QED) is 0.767. The van der Waals surface area contributed by atoms with E-state index in [1.54, 1.807) is 30.3 Å². The van der Waals surface area contributed by atoms with Crippen molar-refractivity contribution in [1.29, 1.82) is 0 Å². The standard InChI is InChI=1S/C22H25N3O4S/c26-21-14-19(18-9-2-3-10-20(18)24-21)22(27)23-15-16-7-6-8-17(13-16)30(28,29)25-11-4-1-5-12-25/h2-3,6-10,13,19H,1,4-5,11-12,14-15H2,(H,23,27)(H,24,26). The summed E-state index contributed by atoms with van der Waals surface area (Å²) in [6, 6.07) is 14.0. The van der Waals surface area contributed by atoms with E-state index in [0.29, 0.717) is 24.3 Å². The Morgan fingerprint density at radius 1 is 1.07 bits per heavy atom. The summed E-state index contributed by atoms with van der Waals surface area (Å²) in [7, 11) is -3.52. The highest BCUT2D eigenvalue weighted by Crippen LogP contribution is 2.32. The number of piperidine rings is 1. The van der Waals surface area contributed by atoms with Crippen LogP contribution in [0.4, 0.5) is 5.69 Å². The van der Waals surface area contributed by atoms with Gasteiger partial charge in [-0.05, 0) is 42.2 Å². The fourth-order valence-electron chi connectivity index (χ4n) is 4.03. The number of benzene rings is 2. The fourth-order valence-corrected chi connectivity index (χ4v) is 5.62. The van der Waals surface area contributed by atoms with E-state index in [4.69, 9.17) is 0 Å². The lowest BCUT2D eigenvalue weighted by atomic mass is 9.90. The molecule has 2 heterocycles. The summed E-state index contributed by atoms with van der Waals surface area (Å²) in [5, 5.41) is 5.64. The van der Waals surface area contributed by atoms with Crippen LogP contribution in [0, 0.1) is 0 Å². The maximum atomic E-state index is 12.9. The number of carbonyl (C=O) groups excluding carboxylic acids is 2. The first-order valence-electron chi connectivity index (χ1n) is 10.2. The predicted octanol–water partition coefficient (Wildman–Crippen LogP) is 2.60. The average molecular weight is 428 g/mol. The second-order valence-corrected chi connectivity index (χ2v) is 9.66. The molecule has 2 aliphatic rings. The van der Waals surface area contributed by atoms with Gasteiger partial charge in [-0.25, -0.2) is 8.42 Å². The van der Waals surface area contributed by atoms with Crippen LogP contribution in [0.25, 0.3) is 0 Å². The van der Waals surface area contributed by atoms with Crippen molar-refractivity contribution in [2.24, 2.45) is 0 Å². The van der Waals surface area contributed by atoms with E-state index >= 15 is 0 Å². The van der Waals surface area contributed by atoms with Gasteiger partial charge in [-0.1, -0.05) is 36.8 Å². The molecule has 8 heteroatoms. The van der Waals surface area contributed by atoms with Crippen LogP contribution in [-0.4, -0.2) is 37.6 Å². The number of carbonyl (C=O) groups is 2. The molecule has 0 aromatic heterocycles. The second kappa shape index (κ2) is 8.57. The highest BCUT2D eigenvalue weighted by Gasteiger charge is 2.30. The first-order chi connectivity index (χ1) is 14.4. The molecule has 0 radical (unpaired) electrons. The van der Waals surface area contributed by atoms with Crippen LogP contribution < -0.4 is 10.6 Å². The van der Waals surface area contributed by atoms with Crippen LogP contribution in [0.5, 0.6) is 0 Å². The third kappa shape index (κ3) is 4.24. The molecule has 4 rings (SSSR count). The van der Waals surface area contributed by atoms with E-state index in [0.717, 1.165) is 24.8 Å². The van der Waals surface area contributed by atoms with Crippen LogP contribution in [0.3, 0.4) is 0 Å². The lowest BCUT2D eigenvalue weighted by Crippen LogP contribution is -2.36. The Morgan fingerprint density at radius 2 is 1.83 bits per heavy atom. The number of nitrogens with zero attached hydrogens (tertiary/aromatic N) is 1. The Hall–Kier alpha value is -2.71. The van der Waals surface area contributed by atoms with Crippen molar-refractivity contribution >= 4 is 27.5 Å². The Balaban J connectivity index is 1.46. The van der Waals surface area contributed by atoms with Crippen LogP contribution in [-0.2, 0) is 26.2 Å². The van der Waals surface area contributed by atoms with Gasteiger partial charge >= 0.3 is 0 Å². The number of hydrogen-bond donors (Lipinski definition) is 2. The number of fused-ring (bicyclic) bond motifs is 1. The lowest BCUT2D eigenvalue weighted by Gasteiger charge is -2.26.